The Labute approximate surface area is 137 Å². The van der Waals surface area contributed by atoms with Gasteiger partial charge in [-0.05, 0) is 18.6 Å². The Hall–Kier alpha value is -2.53. The van der Waals surface area contributed by atoms with Crippen LogP contribution in [-0.4, -0.2) is 10.9 Å². The molecule has 1 amide bonds. The molecular weight excluding hydrogens is 311 g/mol. The number of rotatable bonds is 4. The van der Waals surface area contributed by atoms with Crippen LogP contribution < -0.4 is 5.32 Å². The zero-order chi connectivity index (χ0) is 16.2. The second-order valence-corrected chi connectivity index (χ2v) is 6.25. The maximum atomic E-state index is 13.6. The molecule has 0 fully saturated rings. The monoisotopic (exact) mass is 326 g/mol. The normalized spacial score (nSPS) is 10.5. The molecule has 0 saturated carbocycles. The topological polar surface area (TPSA) is 42.0 Å². The fourth-order valence-corrected chi connectivity index (χ4v) is 3.19. The molecule has 0 radical (unpaired) electrons. The van der Waals surface area contributed by atoms with Crippen molar-refractivity contribution >= 4 is 17.2 Å². The van der Waals surface area contributed by atoms with Crippen molar-refractivity contribution < 1.29 is 9.18 Å². The molecule has 0 aliphatic rings. The Kier molecular flexibility index (Phi) is 4.48. The summed E-state index contributed by atoms with van der Waals surface area (Å²) >= 11 is 1.47. The average molecular weight is 326 g/mol. The van der Waals surface area contributed by atoms with E-state index in [2.05, 4.69) is 10.3 Å². The first-order valence-electron chi connectivity index (χ1n) is 7.19. The van der Waals surface area contributed by atoms with Gasteiger partial charge in [-0.15, -0.1) is 11.3 Å². The highest BCUT2D eigenvalue weighted by Gasteiger charge is 2.18. The number of hydrogen-bond donors (Lipinski definition) is 1. The van der Waals surface area contributed by atoms with E-state index in [1.54, 1.807) is 18.2 Å². The van der Waals surface area contributed by atoms with Gasteiger partial charge in [0.2, 0.25) is 0 Å². The van der Waals surface area contributed by atoms with Crippen molar-refractivity contribution in [3.8, 4) is 10.4 Å². The highest BCUT2D eigenvalue weighted by atomic mass is 32.1. The first-order valence-corrected chi connectivity index (χ1v) is 8.01. The van der Waals surface area contributed by atoms with Crippen molar-refractivity contribution in [1.29, 1.82) is 0 Å². The molecule has 0 aliphatic heterocycles. The molecule has 0 aliphatic carbocycles. The Morgan fingerprint density at radius 2 is 1.83 bits per heavy atom. The van der Waals surface area contributed by atoms with E-state index in [1.165, 1.54) is 17.4 Å². The first-order chi connectivity index (χ1) is 11.1. The van der Waals surface area contributed by atoms with Crippen molar-refractivity contribution in [2.75, 3.05) is 0 Å². The summed E-state index contributed by atoms with van der Waals surface area (Å²) in [6, 6.07) is 16.1. The smallest absolute Gasteiger partial charge is 0.271 e. The predicted octanol–water partition coefficient (Wildman–Crippen LogP) is 4.19. The summed E-state index contributed by atoms with van der Waals surface area (Å²) in [5.74, 6) is -0.623. The number of hydrogen-bond acceptors (Lipinski definition) is 3. The minimum absolute atomic E-state index is 0.135. The molecule has 1 heterocycles. The fourth-order valence-electron chi connectivity index (χ4n) is 2.27. The van der Waals surface area contributed by atoms with Gasteiger partial charge in [-0.25, -0.2) is 9.37 Å². The molecule has 116 valence electrons. The molecule has 23 heavy (non-hydrogen) atoms. The molecule has 0 spiro atoms. The highest BCUT2D eigenvalue weighted by Crippen LogP contribution is 2.29. The number of carbonyl (C=O) groups excluding carboxylic acids is 1. The number of aryl methyl sites for hydroxylation is 1. The van der Waals surface area contributed by atoms with Crippen molar-refractivity contribution in [1.82, 2.24) is 10.3 Å². The van der Waals surface area contributed by atoms with E-state index in [0.717, 1.165) is 15.4 Å². The largest absolute Gasteiger partial charge is 0.346 e. The lowest BCUT2D eigenvalue weighted by atomic mass is 10.1. The lowest BCUT2D eigenvalue weighted by molar-refractivity contribution is 0.0947. The van der Waals surface area contributed by atoms with Crippen LogP contribution in [0.3, 0.4) is 0 Å². The van der Waals surface area contributed by atoms with Gasteiger partial charge < -0.3 is 5.32 Å². The third-order valence-corrected chi connectivity index (χ3v) is 4.40. The van der Waals surface area contributed by atoms with Gasteiger partial charge in [0.15, 0.2) is 0 Å². The summed E-state index contributed by atoms with van der Waals surface area (Å²) < 4.78 is 13.6. The number of aromatic nitrogens is 1. The van der Waals surface area contributed by atoms with E-state index >= 15 is 0 Å². The van der Waals surface area contributed by atoms with Crippen LogP contribution in [-0.2, 0) is 6.54 Å². The predicted molar refractivity (Wildman–Crippen MR) is 89.9 cm³/mol. The first kappa shape index (κ1) is 15.4. The van der Waals surface area contributed by atoms with Gasteiger partial charge in [0.05, 0.1) is 9.88 Å². The Morgan fingerprint density at radius 1 is 1.13 bits per heavy atom. The van der Waals surface area contributed by atoms with E-state index in [4.69, 9.17) is 0 Å². The molecule has 2 aromatic carbocycles. The maximum Gasteiger partial charge on any atom is 0.271 e. The standard InChI is InChI=1S/C18H15FN2OS/c1-12-21-16(17(23-12)13-7-3-2-4-8-13)18(22)20-11-14-9-5-6-10-15(14)19/h2-10H,11H2,1H3,(H,20,22). The molecule has 0 bridgehead atoms. The summed E-state index contributed by atoms with van der Waals surface area (Å²) in [4.78, 5) is 17.6. The van der Waals surface area contributed by atoms with Gasteiger partial charge in [0.25, 0.3) is 5.91 Å². The lowest BCUT2D eigenvalue weighted by Crippen LogP contribution is -2.24. The third kappa shape index (κ3) is 3.46. The van der Waals surface area contributed by atoms with Crippen LogP contribution in [0, 0.1) is 12.7 Å². The third-order valence-electron chi connectivity index (χ3n) is 3.38. The summed E-state index contributed by atoms with van der Waals surface area (Å²) in [5.41, 5.74) is 1.79. The summed E-state index contributed by atoms with van der Waals surface area (Å²) in [6.45, 7) is 2.00. The van der Waals surface area contributed by atoms with Gasteiger partial charge in [-0.3, -0.25) is 4.79 Å². The average Bonchev–Trinajstić information content (AvgIpc) is 2.97. The number of nitrogens with one attached hydrogen (secondary N) is 1. The van der Waals surface area contributed by atoms with Crippen molar-refractivity contribution in [2.45, 2.75) is 13.5 Å². The molecule has 5 heteroatoms. The number of amides is 1. The molecule has 3 nitrogen and oxygen atoms in total. The van der Waals surface area contributed by atoms with Crippen LogP contribution in [0.25, 0.3) is 10.4 Å². The van der Waals surface area contributed by atoms with E-state index in [1.807, 2.05) is 37.3 Å². The van der Waals surface area contributed by atoms with E-state index in [0.29, 0.717) is 11.3 Å². The van der Waals surface area contributed by atoms with Gasteiger partial charge in [0.1, 0.15) is 11.5 Å². The Balaban J connectivity index is 1.82. The molecule has 0 saturated heterocycles. The van der Waals surface area contributed by atoms with Gasteiger partial charge in [-0.2, -0.15) is 0 Å². The number of halogens is 1. The highest BCUT2D eigenvalue weighted by molar-refractivity contribution is 7.15. The van der Waals surface area contributed by atoms with E-state index in [9.17, 15) is 9.18 Å². The zero-order valence-corrected chi connectivity index (χ0v) is 13.4. The Morgan fingerprint density at radius 3 is 2.57 bits per heavy atom. The van der Waals surface area contributed by atoms with Gasteiger partial charge >= 0.3 is 0 Å². The van der Waals surface area contributed by atoms with E-state index < -0.39 is 0 Å². The van der Waals surface area contributed by atoms with Crippen LogP contribution in [0.5, 0.6) is 0 Å². The molecule has 0 atom stereocenters. The van der Waals surface area contributed by atoms with Crippen LogP contribution in [0.15, 0.2) is 54.6 Å². The van der Waals surface area contributed by atoms with E-state index in [-0.39, 0.29) is 18.3 Å². The van der Waals surface area contributed by atoms with Crippen molar-refractivity contribution in [3.05, 3.63) is 76.7 Å². The fraction of sp³-hybridized carbons (Fsp3) is 0.111. The van der Waals surface area contributed by atoms with Crippen LogP contribution in [0.2, 0.25) is 0 Å². The molecular formula is C18H15FN2OS. The van der Waals surface area contributed by atoms with Gasteiger partial charge in [0, 0.05) is 12.1 Å². The minimum atomic E-state index is -0.328. The maximum absolute atomic E-state index is 13.6. The molecule has 1 aromatic heterocycles. The molecule has 3 aromatic rings. The van der Waals surface area contributed by atoms with Crippen molar-refractivity contribution in [3.63, 3.8) is 0 Å². The molecule has 1 N–H and O–H groups in total. The number of nitrogens with zero attached hydrogens (tertiary/aromatic N) is 1. The second-order valence-electron chi connectivity index (χ2n) is 5.05. The summed E-state index contributed by atoms with van der Waals surface area (Å²) in [7, 11) is 0. The van der Waals surface area contributed by atoms with Crippen molar-refractivity contribution in [2.24, 2.45) is 0 Å². The summed E-state index contributed by atoms with van der Waals surface area (Å²) in [5, 5.41) is 3.56. The van der Waals surface area contributed by atoms with Gasteiger partial charge in [-0.1, -0.05) is 48.5 Å². The Bertz CT molecular complexity index is 830. The lowest BCUT2D eigenvalue weighted by Gasteiger charge is -2.06. The zero-order valence-electron chi connectivity index (χ0n) is 12.5. The van der Waals surface area contributed by atoms with Crippen LogP contribution >= 0.6 is 11.3 Å². The second kappa shape index (κ2) is 6.71. The summed E-state index contributed by atoms with van der Waals surface area (Å²) in [6.07, 6.45) is 0. The molecule has 0 unspecified atom stereocenters. The minimum Gasteiger partial charge on any atom is -0.346 e. The quantitative estimate of drug-likeness (QED) is 0.781. The number of thiazole rings is 1. The van der Waals surface area contributed by atoms with Crippen LogP contribution in [0.4, 0.5) is 4.39 Å². The van der Waals surface area contributed by atoms with Crippen LogP contribution in [0.1, 0.15) is 21.1 Å². The SMILES string of the molecule is Cc1nc(C(=O)NCc2ccccc2F)c(-c2ccccc2)s1. The number of benzene rings is 2. The number of carbonyl (C=O) groups is 1. The molecule has 3 rings (SSSR count).